The van der Waals surface area contributed by atoms with Crippen LogP contribution in [0.1, 0.15) is 15.9 Å². The van der Waals surface area contributed by atoms with Gasteiger partial charge in [0.2, 0.25) is 0 Å². The lowest BCUT2D eigenvalue weighted by Gasteiger charge is -2.09. The molecule has 0 aliphatic heterocycles. The molecule has 0 aliphatic rings. The highest BCUT2D eigenvalue weighted by molar-refractivity contribution is 5.96. The Kier molecular flexibility index (Phi) is 3.76. The number of rotatable bonds is 3. The number of hydrogen-bond acceptors (Lipinski definition) is 4. The van der Waals surface area contributed by atoms with E-state index in [2.05, 4.69) is 15.3 Å². The molecule has 2 heterocycles. The summed E-state index contributed by atoms with van der Waals surface area (Å²) in [5.41, 5.74) is 0.310. The Morgan fingerprint density at radius 1 is 1.26 bits per heavy atom. The zero-order valence-electron chi connectivity index (χ0n) is 12.4. The molecule has 116 valence electrons. The number of hydrogen-bond donors (Lipinski definition) is 2. The first-order valence-corrected chi connectivity index (χ1v) is 6.99. The van der Waals surface area contributed by atoms with Gasteiger partial charge in [-0.3, -0.25) is 19.1 Å². The van der Waals surface area contributed by atoms with Crippen molar-refractivity contribution in [2.24, 2.45) is 0 Å². The average molecular weight is 310 g/mol. The zero-order valence-corrected chi connectivity index (χ0v) is 12.4. The van der Waals surface area contributed by atoms with Gasteiger partial charge < -0.3 is 5.32 Å². The summed E-state index contributed by atoms with van der Waals surface area (Å²) in [6.45, 7) is 0.277. The highest BCUT2D eigenvalue weighted by atomic mass is 16.2. The monoisotopic (exact) mass is 310 g/mol. The van der Waals surface area contributed by atoms with Crippen LogP contribution in [0.3, 0.4) is 0 Å². The first kappa shape index (κ1) is 14.7. The van der Waals surface area contributed by atoms with Gasteiger partial charge in [-0.15, -0.1) is 0 Å². The number of carbonyl (C=O) groups is 1. The van der Waals surface area contributed by atoms with Gasteiger partial charge in [0.15, 0.2) is 0 Å². The van der Waals surface area contributed by atoms with Gasteiger partial charge in [0.25, 0.3) is 11.5 Å². The average Bonchev–Trinajstić information content (AvgIpc) is 2.58. The van der Waals surface area contributed by atoms with Crippen molar-refractivity contribution in [1.82, 2.24) is 19.9 Å². The Labute approximate surface area is 130 Å². The molecule has 7 nitrogen and oxygen atoms in total. The standard InChI is InChI=1S/C16H14N4O3/c1-17-14(21)11-7-12-13(18-8-11)20(16(23)19-15(12)22)9-10-5-3-2-4-6-10/h2-8H,9H2,1H3,(H,17,21)(H,19,22,23). The molecular weight excluding hydrogens is 296 g/mol. The Balaban J connectivity index is 2.20. The van der Waals surface area contributed by atoms with E-state index in [1.165, 1.54) is 23.9 Å². The number of pyridine rings is 1. The highest BCUT2D eigenvalue weighted by Gasteiger charge is 2.12. The number of carbonyl (C=O) groups excluding carboxylic acids is 1. The van der Waals surface area contributed by atoms with Crippen LogP contribution < -0.4 is 16.6 Å². The number of amides is 1. The predicted octanol–water partition coefficient (Wildman–Crippen LogP) is 0.493. The third-order valence-corrected chi connectivity index (χ3v) is 3.51. The van der Waals surface area contributed by atoms with E-state index in [-0.39, 0.29) is 29.0 Å². The SMILES string of the molecule is CNC(=O)c1cnc2c(c1)c(=O)[nH]c(=O)n2Cc1ccccc1. The van der Waals surface area contributed by atoms with Gasteiger partial charge >= 0.3 is 5.69 Å². The first-order chi connectivity index (χ1) is 11.1. The number of nitrogens with zero attached hydrogens (tertiary/aromatic N) is 2. The van der Waals surface area contributed by atoms with Crippen molar-refractivity contribution in [3.05, 3.63) is 74.6 Å². The van der Waals surface area contributed by atoms with Crippen molar-refractivity contribution in [3.8, 4) is 0 Å². The Morgan fingerprint density at radius 3 is 2.70 bits per heavy atom. The van der Waals surface area contributed by atoms with E-state index in [4.69, 9.17) is 0 Å². The quantitative estimate of drug-likeness (QED) is 0.736. The van der Waals surface area contributed by atoms with Gasteiger partial charge in [-0.25, -0.2) is 9.78 Å². The fourth-order valence-electron chi connectivity index (χ4n) is 2.35. The minimum absolute atomic E-state index is 0.196. The summed E-state index contributed by atoms with van der Waals surface area (Å²) in [4.78, 5) is 42.2. The maximum absolute atomic E-state index is 12.1. The molecular formula is C16H14N4O3. The molecule has 0 saturated carbocycles. The molecule has 1 aromatic carbocycles. The van der Waals surface area contributed by atoms with Crippen LogP contribution in [-0.2, 0) is 6.54 Å². The number of nitrogens with one attached hydrogen (secondary N) is 2. The van der Waals surface area contributed by atoms with E-state index < -0.39 is 11.2 Å². The molecule has 2 aromatic heterocycles. The molecule has 0 radical (unpaired) electrons. The summed E-state index contributed by atoms with van der Waals surface area (Å²) in [5.74, 6) is -0.348. The molecule has 0 fully saturated rings. The molecule has 0 atom stereocenters. The molecule has 0 spiro atoms. The number of H-pyrrole nitrogens is 1. The minimum Gasteiger partial charge on any atom is -0.355 e. The second-order valence-electron chi connectivity index (χ2n) is 5.01. The molecule has 3 aromatic rings. The van der Waals surface area contributed by atoms with E-state index in [1.54, 1.807) is 0 Å². The molecule has 0 unspecified atom stereocenters. The van der Waals surface area contributed by atoms with E-state index in [1.807, 2.05) is 30.3 Å². The fraction of sp³-hybridized carbons (Fsp3) is 0.125. The van der Waals surface area contributed by atoms with Gasteiger partial charge in [-0.05, 0) is 11.6 Å². The van der Waals surface area contributed by atoms with Crippen LogP contribution >= 0.6 is 0 Å². The topological polar surface area (TPSA) is 96.8 Å². The lowest BCUT2D eigenvalue weighted by molar-refractivity contribution is 0.0963. The summed E-state index contributed by atoms with van der Waals surface area (Å²) in [7, 11) is 1.49. The van der Waals surface area contributed by atoms with Crippen LogP contribution in [0.4, 0.5) is 0 Å². The van der Waals surface area contributed by atoms with E-state index >= 15 is 0 Å². The van der Waals surface area contributed by atoms with Gasteiger partial charge in [-0.1, -0.05) is 30.3 Å². The summed E-state index contributed by atoms with van der Waals surface area (Å²) >= 11 is 0. The van der Waals surface area contributed by atoms with Crippen molar-refractivity contribution in [2.45, 2.75) is 6.54 Å². The van der Waals surface area contributed by atoms with Crippen molar-refractivity contribution >= 4 is 16.9 Å². The fourth-order valence-corrected chi connectivity index (χ4v) is 2.35. The smallest absolute Gasteiger partial charge is 0.330 e. The third-order valence-electron chi connectivity index (χ3n) is 3.51. The molecule has 7 heteroatoms. The maximum atomic E-state index is 12.1. The van der Waals surface area contributed by atoms with E-state index in [9.17, 15) is 14.4 Å². The Morgan fingerprint density at radius 2 is 2.00 bits per heavy atom. The third kappa shape index (κ3) is 2.76. The van der Waals surface area contributed by atoms with Crippen LogP contribution in [0.15, 0.2) is 52.2 Å². The van der Waals surface area contributed by atoms with Crippen molar-refractivity contribution in [1.29, 1.82) is 0 Å². The largest absolute Gasteiger partial charge is 0.355 e. The summed E-state index contributed by atoms with van der Waals surface area (Å²) in [6, 6.07) is 10.8. The van der Waals surface area contributed by atoms with Crippen LogP contribution in [0.25, 0.3) is 11.0 Å². The van der Waals surface area contributed by atoms with Gasteiger partial charge in [0.05, 0.1) is 17.5 Å². The van der Waals surface area contributed by atoms with Crippen LogP contribution in [0.2, 0.25) is 0 Å². The second-order valence-corrected chi connectivity index (χ2v) is 5.01. The molecule has 23 heavy (non-hydrogen) atoms. The molecule has 0 saturated heterocycles. The lowest BCUT2D eigenvalue weighted by Crippen LogP contribution is -2.31. The highest BCUT2D eigenvalue weighted by Crippen LogP contribution is 2.10. The predicted molar refractivity (Wildman–Crippen MR) is 85.6 cm³/mol. The second kappa shape index (κ2) is 5.88. The lowest BCUT2D eigenvalue weighted by atomic mass is 10.2. The number of fused-ring (bicyclic) bond motifs is 1. The number of aromatic amines is 1. The van der Waals surface area contributed by atoms with Gasteiger partial charge in [0.1, 0.15) is 5.65 Å². The summed E-state index contributed by atoms with van der Waals surface area (Å²) < 4.78 is 1.37. The maximum Gasteiger partial charge on any atom is 0.330 e. The first-order valence-electron chi connectivity index (χ1n) is 6.99. The number of aromatic nitrogens is 3. The van der Waals surface area contributed by atoms with Gasteiger partial charge in [0, 0.05) is 13.2 Å². The van der Waals surface area contributed by atoms with Crippen LogP contribution in [0, 0.1) is 0 Å². The Hall–Kier alpha value is -3.22. The Bertz CT molecular complexity index is 990. The van der Waals surface area contributed by atoms with E-state index in [0.29, 0.717) is 0 Å². The summed E-state index contributed by atoms with van der Waals surface area (Å²) in [5, 5.41) is 2.67. The minimum atomic E-state index is -0.562. The number of benzene rings is 1. The molecule has 3 rings (SSSR count). The molecule has 0 bridgehead atoms. The van der Waals surface area contributed by atoms with Crippen LogP contribution in [0.5, 0.6) is 0 Å². The molecule has 2 N–H and O–H groups in total. The molecule has 0 aliphatic carbocycles. The van der Waals surface area contributed by atoms with Crippen molar-refractivity contribution < 1.29 is 4.79 Å². The van der Waals surface area contributed by atoms with E-state index in [0.717, 1.165) is 5.56 Å². The van der Waals surface area contributed by atoms with Crippen molar-refractivity contribution in [3.63, 3.8) is 0 Å². The summed E-state index contributed by atoms with van der Waals surface area (Å²) in [6.07, 6.45) is 1.35. The van der Waals surface area contributed by atoms with Crippen molar-refractivity contribution in [2.75, 3.05) is 7.05 Å². The normalized spacial score (nSPS) is 10.7. The zero-order chi connectivity index (χ0) is 16.4. The van der Waals surface area contributed by atoms with Crippen LogP contribution in [-0.4, -0.2) is 27.5 Å². The molecule has 1 amide bonds. The van der Waals surface area contributed by atoms with Gasteiger partial charge in [-0.2, -0.15) is 0 Å².